The highest BCUT2D eigenvalue weighted by Gasteiger charge is 2.35. The Bertz CT molecular complexity index is 781. The van der Waals surface area contributed by atoms with E-state index in [4.69, 9.17) is 4.74 Å². The maximum Gasteiger partial charge on any atom is 0.336 e. The molecule has 1 aliphatic heterocycles. The summed E-state index contributed by atoms with van der Waals surface area (Å²) in [5.74, 6) is -1.50. The zero-order valence-corrected chi connectivity index (χ0v) is 14.8. The number of hydrogen-bond acceptors (Lipinski definition) is 8. The van der Waals surface area contributed by atoms with Crippen molar-refractivity contribution in [3.8, 4) is 6.07 Å². The van der Waals surface area contributed by atoms with Gasteiger partial charge in [-0.1, -0.05) is 17.8 Å². The first-order chi connectivity index (χ1) is 12.0. The number of nitrogens with zero attached hydrogens (tertiary/aromatic N) is 2. The number of nitriles is 1. The van der Waals surface area contributed by atoms with Crippen LogP contribution in [-0.4, -0.2) is 36.9 Å². The Balaban J connectivity index is 2.52. The van der Waals surface area contributed by atoms with Gasteiger partial charge in [-0.25, -0.2) is 4.79 Å². The molecule has 1 aromatic rings. The van der Waals surface area contributed by atoms with Gasteiger partial charge in [-0.2, -0.15) is 5.26 Å². The molecule has 0 radical (unpaired) electrons. The van der Waals surface area contributed by atoms with E-state index < -0.39 is 17.9 Å². The van der Waals surface area contributed by atoms with Crippen molar-refractivity contribution in [1.29, 1.82) is 5.26 Å². The fraction of sp³-hybridized carbons (Fsp3) is 0.294. The molecule has 0 aliphatic carbocycles. The highest BCUT2D eigenvalue weighted by molar-refractivity contribution is 8.03. The van der Waals surface area contributed by atoms with Gasteiger partial charge < -0.3 is 14.8 Å². The van der Waals surface area contributed by atoms with Crippen LogP contribution in [0.4, 0.5) is 0 Å². The molecule has 1 aromatic heterocycles. The average Bonchev–Trinajstić information content (AvgIpc) is 2.65. The number of ether oxygens (including phenoxy) is 2. The maximum atomic E-state index is 12.3. The predicted molar refractivity (Wildman–Crippen MR) is 91.9 cm³/mol. The molecular formula is C17H17N3O4S. The lowest BCUT2D eigenvalue weighted by Gasteiger charge is -2.28. The summed E-state index contributed by atoms with van der Waals surface area (Å²) in [7, 11) is 2.59. The normalized spacial score (nSPS) is 16.8. The van der Waals surface area contributed by atoms with E-state index in [2.05, 4.69) is 21.1 Å². The van der Waals surface area contributed by atoms with E-state index in [-0.39, 0.29) is 5.75 Å². The van der Waals surface area contributed by atoms with Gasteiger partial charge in [0.2, 0.25) is 0 Å². The van der Waals surface area contributed by atoms with Gasteiger partial charge in [0.15, 0.2) is 0 Å². The largest absolute Gasteiger partial charge is 0.468 e. The molecule has 0 bridgehead atoms. The summed E-state index contributed by atoms with van der Waals surface area (Å²) in [6.45, 7) is 1.72. The third-order valence-corrected chi connectivity index (χ3v) is 4.62. The van der Waals surface area contributed by atoms with Crippen LogP contribution in [0.15, 0.2) is 46.4 Å². The van der Waals surface area contributed by atoms with Crippen molar-refractivity contribution in [1.82, 2.24) is 10.3 Å². The molecule has 2 rings (SSSR count). The molecule has 0 saturated carbocycles. The number of methoxy groups -OCH3 is 2. The van der Waals surface area contributed by atoms with E-state index in [9.17, 15) is 14.9 Å². The SMILES string of the molecule is COC(=O)CSC1=C(C#N)[C@H](c2cccnc2)C(C(=O)OC)=C(C)N1. The maximum absolute atomic E-state index is 12.3. The monoisotopic (exact) mass is 359 g/mol. The quantitative estimate of drug-likeness (QED) is 0.795. The molecule has 0 amide bonds. The first-order valence-corrected chi connectivity index (χ1v) is 8.31. The second kappa shape index (κ2) is 8.35. The fourth-order valence-electron chi connectivity index (χ4n) is 2.48. The molecule has 7 nitrogen and oxygen atoms in total. The molecule has 25 heavy (non-hydrogen) atoms. The van der Waals surface area contributed by atoms with Crippen molar-refractivity contribution in [3.05, 3.63) is 52.0 Å². The van der Waals surface area contributed by atoms with E-state index in [0.717, 1.165) is 11.8 Å². The van der Waals surface area contributed by atoms with Crippen LogP contribution in [0.3, 0.4) is 0 Å². The molecule has 1 aliphatic rings. The molecular weight excluding hydrogens is 342 g/mol. The summed E-state index contributed by atoms with van der Waals surface area (Å²) in [4.78, 5) is 27.8. The van der Waals surface area contributed by atoms with Crippen LogP contribution in [0.5, 0.6) is 0 Å². The average molecular weight is 359 g/mol. The number of rotatable bonds is 5. The van der Waals surface area contributed by atoms with E-state index in [1.807, 2.05) is 0 Å². The van der Waals surface area contributed by atoms with Gasteiger partial charge in [-0.05, 0) is 18.6 Å². The van der Waals surface area contributed by atoms with Crippen LogP contribution >= 0.6 is 11.8 Å². The Labute approximate surface area is 149 Å². The number of pyridine rings is 1. The van der Waals surface area contributed by atoms with Gasteiger partial charge in [0.1, 0.15) is 0 Å². The van der Waals surface area contributed by atoms with Crippen LogP contribution in [0.25, 0.3) is 0 Å². The zero-order valence-electron chi connectivity index (χ0n) is 14.0. The fourth-order valence-corrected chi connectivity index (χ4v) is 3.40. The van der Waals surface area contributed by atoms with Gasteiger partial charge in [-0.3, -0.25) is 9.78 Å². The highest BCUT2D eigenvalue weighted by atomic mass is 32.2. The molecule has 0 fully saturated rings. The Kier molecular flexibility index (Phi) is 6.19. The van der Waals surface area contributed by atoms with Crippen LogP contribution in [0.2, 0.25) is 0 Å². The third kappa shape index (κ3) is 4.00. The van der Waals surface area contributed by atoms with Crippen LogP contribution in [0.1, 0.15) is 18.4 Å². The number of allylic oxidation sites excluding steroid dienone is 2. The lowest BCUT2D eigenvalue weighted by atomic mass is 9.83. The summed E-state index contributed by atoms with van der Waals surface area (Å²) in [5.41, 5.74) is 1.92. The van der Waals surface area contributed by atoms with Crippen LogP contribution in [-0.2, 0) is 19.1 Å². The summed E-state index contributed by atoms with van der Waals surface area (Å²) in [5, 5.41) is 13.2. The van der Waals surface area contributed by atoms with Crippen molar-refractivity contribution in [2.24, 2.45) is 0 Å². The molecule has 0 spiro atoms. The standard InChI is InChI=1S/C17H17N3O4S/c1-10-14(17(22)24-3)15(11-5-4-6-19-8-11)12(7-18)16(20-10)25-9-13(21)23-2/h4-6,8,15,20H,9H2,1-3H3/t15-/m0/s1. The highest BCUT2D eigenvalue weighted by Crippen LogP contribution is 2.40. The van der Waals surface area contributed by atoms with Gasteiger partial charge in [0, 0.05) is 18.1 Å². The van der Waals surface area contributed by atoms with Crippen molar-refractivity contribution in [2.45, 2.75) is 12.8 Å². The van der Waals surface area contributed by atoms with Crippen LogP contribution in [0, 0.1) is 11.3 Å². The number of carbonyl (C=O) groups excluding carboxylic acids is 2. The second-order valence-electron chi connectivity index (χ2n) is 5.09. The molecule has 130 valence electrons. The Morgan fingerprint density at radius 1 is 1.40 bits per heavy atom. The third-order valence-electron chi connectivity index (χ3n) is 3.63. The van der Waals surface area contributed by atoms with Crippen LogP contribution < -0.4 is 5.32 Å². The van der Waals surface area contributed by atoms with E-state index in [1.165, 1.54) is 14.2 Å². The molecule has 0 saturated heterocycles. The van der Waals surface area contributed by atoms with Gasteiger partial charge in [0.25, 0.3) is 0 Å². The van der Waals surface area contributed by atoms with Gasteiger partial charge >= 0.3 is 11.9 Å². The minimum atomic E-state index is -0.618. The number of thioether (sulfide) groups is 1. The Morgan fingerprint density at radius 3 is 2.72 bits per heavy atom. The lowest BCUT2D eigenvalue weighted by Crippen LogP contribution is -2.28. The summed E-state index contributed by atoms with van der Waals surface area (Å²) in [6.07, 6.45) is 3.22. The Hall–Kier alpha value is -2.79. The predicted octanol–water partition coefficient (Wildman–Crippen LogP) is 1.86. The molecule has 1 atom stereocenters. The summed E-state index contributed by atoms with van der Waals surface area (Å²) >= 11 is 1.15. The number of esters is 2. The zero-order chi connectivity index (χ0) is 18.4. The van der Waals surface area contributed by atoms with Gasteiger partial charge in [-0.15, -0.1) is 0 Å². The van der Waals surface area contributed by atoms with Crippen molar-refractivity contribution in [2.75, 3.05) is 20.0 Å². The number of hydrogen-bond donors (Lipinski definition) is 1. The number of aromatic nitrogens is 1. The minimum Gasteiger partial charge on any atom is -0.468 e. The number of dihydropyridines is 1. The van der Waals surface area contributed by atoms with E-state index >= 15 is 0 Å². The first-order valence-electron chi connectivity index (χ1n) is 7.33. The second-order valence-corrected chi connectivity index (χ2v) is 6.08. The van der Waals surface area contributed by atoms with E-state index in [0.29, 0.717) is 27.4 Å². The summed E-state index contributed by atoms with van der Waals surface area (Å²) in [6, 6.07) is 5.67. The Morgan fingerprint density at radius 2 is 2.16 bits per heavy atom. The van der Waals surface area contributed by atoms with E-state index in [1.54, 1.807) is 31.5 Å². The first kappa shape index (κ1) is 18.5. The molecule has 1 N–H and O–H groups in total. The van der Waals surface area contributed by atoms with Crippen molar-refractivity contribution < 1.29 is 19.1 Å². The lowest BCUT2D eigenvalue weighted by molar-refractivity contribution is -0.138. The molecule has 0 aromatic carbocycles. The molecule has 8 heteroatoms. The van der Waals surface area contributed by atoms with Crippen molar-refractivity contribution >= 4 is 23.7 Å². The minimum absolute atomic E-state index is 0.0462. The summed E-state index contributed by atoms with van der Waals surface area (Å²) < 4.78 is 9.52. The molecule has 0 unspecified atom stereocenters. The number of nitrogens with one attached hydrogen (secondary N) is 1. The smallest absolute Gasteiger partial charge is 0.336 e. The van der Waals surface area contributed by atoms with Gasteiger partial charge in [0.05, 0.1) is 48.1 Å². The van der Waals surface area contributed by atoms with Crippen molar-refractivity contribution in [3.63, 3.8) is 0 Å². The molecule has 2 heterocycles. The number of carbonyl (C=O) groups is 2. The topological polar surface area (TPSA) is 101 Å².